The van der Waals surface area contributed by atoms with Crippen LogP contribution in [0.5, 0.6) is 0 Å². The Hall–Kier alpha value is -2.45. The molecule has 1 fully saturated rings. The van der Waals surface area contributed by atoms with Crippen LogP contribution < -0.4 is 0 Å². The minimum atomic E-state index is -3.84. The molecule has 0 radical (unpaired) electrons. The summed E-state index contributed by atoms with van der Waals surface area (Å²) in [6.45, 7) is 6.95. The molecule has 0 N–H and O–H groups in total. The first kappa shape index (κ1) is 22.2. The maximum absolute atomic E-state index is 13.5. The smallest absolute Gasteiger partial charge is 0.354 e. The molecule has 1 unspecified atom stereocenters. The second-order valence-corrected chi connectivity index (χ2v) is 9.75. The molecule has 1 heterocycles. The van der Waals surface area contributed by atoms with E-state index in [0.29, 0.717) is 22.5 Å². The zero-order valence-corrected chi connectivity index (χ0v) is 19.0. The average molecular weight is 433 g/mol. The minimum absolute atomic E-state index is 0.177. The largest absolute Gasteiger partial charge is 0.464 e. The van der Waals surface area contributed by atoms with E-state index >= 15 is 0 Å². The molecule has 0 amide bonds. The molecule has 162 valence electrons. The van der Waals surface area contributed by atoms with E-state index in [0.717, 1.165) is 18.4 Å². The minimum Gasteiger partial charge on any atom is -0.464 e. The van der Waals surface area contributed by atoms with Crippen molar-refractivity contribution in [3.05, 3.63) is 52.3 Å². The highest BCUT2D eigenvalue weighted by molar-refractivity contribution is 7.89. The van der Waals surface area contributed by atoms with Gasteiger partial charge in [0.05, 0.1) is 18.0 Å². The predicted octanol–water partition coefficient (Wildman–Crippen LogP) is 3.16. The zero-order valence-electron chi connectivity index (χ0n) is 18.2. The van der Waals surface area contributed by atoms with Crippen LogP contribution in [0.2, 0.25) is 0 Å². The van der Waals surface area contributed by atoms with Gasteiger partial charge in [0.2, 0.25) is 10.0 Å². The number of carbonyl (C=O) groups is 2. The molecule has 0 spiro atoms. The molecule has 1 aromatic heterocycles. The van der Waals surface area contributed by atoms with E-state index in [1.165, 1.54) is 11.4 Å². The van der Waals surface area contributed by atoms with Gasteiger partial charge in [0.25, 0.3) is 0 Å². The second-order valence-electron chi connectivity index (χ2n) is 7.90. The highest BCUT2D eigenvalue weighted by Gasteiger charge is 2.44. The fourth-order valence-corrected chi connectivity index (χ4v) is 5.77. The third-order valence-electron chi connectivity index (χ3n) is 5.82. The van der Waals surface area contributed by atoms with Crippen LogP contribution in [0.1, 0.15) is 57.4 Å². The lowest BCUT2D eigenvalue weighted by molar-refractivity contribution is 0.0588. The number of benzene rings is 1. The van der Waals surface area contributed by atoms with Crippen LogP contribution in [0.4, 0.5) is 0 Å². The van der Waals surface area contributed by atoms with Crippen molar-refractivity contribution in [2.24, 2.45) is 7.05 Å². The van der Waals surface area contributed by atoms with Crippen LogP contribution in [0, 0.1) is 20.8 Å². The number of aromatic nitrogens is 1. The third-order valence-corrected chi connectivity index (χ3v) is 7.86. The maximum Gasteiger partial charge on any atom is 0.354 e. The van der Waals surface area contributed by atoms with Crippen LogP contribution >= 0.6 is 0 Å². The van der Waals surface area contributed by atoms with Gasteiger partial charge >= 0.3 is 5.97 Å². The van der Waals surface area contributed by atoms with Crippen LogP contribution in [-0.4, -0.2) is 48.2 Å². The molecule has 1 aliphatic rings. The Morgan fingerprint density at radius 3 is 2.20 bits per heavy atom. The summed E-state index contributed by atoms with van der Waals surface area (Å²) >= 11 is 0. The molecule has 30 heavy (non-hydrogen) atoms. The molecule has 0 aliphatic heterocycles. The number of Topliss-reactive ketones (excluding diaryl/α,β-unsaturated/α-hetero) is 1. The quantitative estimate of drug-likeness (QED) is 0.496. The van der Waals surface area contributed by atoms with Gasteiger partial charge in [0.1, 0.15) is 5.69 Å². The monoisotopic (exact) mass is 432 g/mol. The number of nitrogens with zero attached hydrogens (tertiary/aromatic N) is 2. The number of rotatable bonds is 7. The Morgan fingerprint density at radius 1 is 1.13 bits per heavy atom. The normalized spacial score (nSPS) is 15.3. The summed E-state index contributed by atoms with van der Waals surface area (Å²) in [6, 6.07) is 5.56. The van der Waals surface area contributed by atoms with Gasteiger partial charge in [-0.25, -0.2) is 13.2 Å². The summed E-state index contributed by atoms with van der Waals surface area (Å²) in [6.07, 6.45) is 1.45. The number of sulfonamides is 1. The summed E-state index contributed by atoms with van der Waals surface area (Å²) in [5.74, 6) is -0.852. The first-order chi connectivity index (χ1) is 14.0. The number of hydrogen-bond acceptors (Lipinski definition) is 5. The summed E-state index contributed by atoms with van der Waals surface area (Å²) in [7, 11) is -0.862. The Balaban J connectivity index is 2.04. The fraction of sp³-hybridized carbons (Fsp3) is 0.455. The van der Waals surface area contributed by atoms with Gasteiger partial charge in [-0.3, -0.25) is 4.79 Å². The van der Waals surface area contributed by atoms with E-state index in [-0.39, 0.29) is 16.7 Å². The average Bonchev–Trinajstić information content (AvgIpc) is 3.49. The molecule has 1 saturated carbocycles. The van der Waals surface area contributed by atoms with Crippen molar-refractivity contribution < 1.29 is 22.7 Å². The Bertz CT molecular complexity index is 1100. The molecular weight excluding hydrogens is 404 g/mol. The van der Waals surface area contributed by atoms with Gasteiger partial charge < -0.3 is 9.30 Å². The molecule has 2 aromatic rings. The van der Waals surface area contributed by atoms with Gasteiger partial charge in [0, 0.05) is 24.3 Å². The maximum atomic E-state index is 13.5. The third kappa shape index (κ3) is 3.70. The molecule has 1 atom stereocenters. The number of carbonyl (C=O) groups excluding carboxylic acids is 2. The molecule has 7 nitrogen and oxygen atoms in total. The predicted molar refractivity (Wildman–Crippen MR) is 113 cm³/mol. The topological polar surface area (TPSA) is 85.7 Å². The lowest BCUT2D eigenvalue weighted by atomic mass is 10.0. The molecule has 8 heteroatoms. The van der Waals surface area contributed by atoms with E-state index < -0.39 is 22.0 Å². The highest BCUT2D eigenvalue weighted by atomic mass is 32.2. The first-order valence-corrected chi connectivity index (χ1v) is 11.3. The number of aryl methyl sites for hydroxylation is 1. The summed E-state index contributed by atoms with van der Waals surface area (Å²) in [5.41, 5.74) is 2.73. The number of esters is 1. The van der Waals surface area contributed by atoms with E-state index in [4.69, 9.17) is 4.74 Å². The lowest BCUT2D eigenvalue weighted by Crippen LogP contribution is -2.45. The van der Waals surface area contributed by atoms with Gasteiger partial charge in [-0.05, 0) is 58.2 Å². The first-order valence-electron chi connectivity index (χ1n) is 9.91. The highest BCUT2D eigenvalue weighted by Crippen LogP contribution is 2.36. The van der Waals surface area contributed by atoms with Crippen molar-refractivity contribution in [2.45, 2.75) is 57.5 Å². The fourth-order valence-electron chi connectivity index (χ4n) is 3.93. The Kier molecular flexibility index (Phi) is 5.93. The number of methoxy groups -OCH3 is 1. The van der Waals surface area contributed by atoms with Crippen molar-refractivity contribution in [1.29, 1.82) is 0 Å². The molecule has 3 rings (SSSR count). The summed E-state index contributed by atoms with van der Waals surface area (Å²) in [4.78, 5) is 25.9. The van der Waals surface area contributed by atoms with Crippen molar-refractivity contribution in [2.75, 3.05) is 7.11 Å². The Morgan fingerprint density at radius 2 is 1.70 bits per heavy atom. The zero-order chi connectivity index (χ0) is 22.4. The Labute approximate surface area is 177 Å². The van der Waals surface area contributed by atoms with Crippen molar-refractivity contribution >= 4 is 21.8 Å². The van der Waals surface area contributed by atoms with Gasteiger partial charge in [-0.15, -0.1) is 0 Å². The standard InChI is InChI=1S/C22H28N2O5S/c1-13-7-11-18(12-8-13)30(27,28)24(17-9-10-17)16(4)21(25)19-14(2)20(22(26)29-6)23(5)15(19)3/h7-8,11-12,16-17H,9-10H2,1-6H3. The molecule has 1 aliphatic carbocycles. The van der Waals surface area contributed by atoms with Crippen molar-refractivity contribution in [3.63, 3.8) is 0 Å². The van der Waals surface area contributed by atoms with Gasteiger partial charge in [-0.2, -0.15) is 4.31 Å². The SMILES string of the molecule is COC(=O)c1c(C)c(C(=O)C(C)N(C2CC2)S(=O)(=O)c2ccc(C)cc2)c(C)n1C. The van der Waals surface area contributed by atoms with E-state index in [2.05, 4.69) is 0 Å². The van der Waals surface area contributed by atoms with Crippen LogP contribution in [0.3, 0.4) is 0 Å². The van der Waals surface area contributed by atoms with Crippen molar-refractivity contribution in [3.8, 4) is 0 Å². The van der Waals surface area contributed by atoms with E-state index in [1.807, 2.05) is 6.92 Å². The van der Waals surface area contributed by atoms with E-state index in [9.17, 15) is 18.0 Å². The molecule has 1 aromatic carbocycles. The van der Waals surface area contributed by atoms with Crippen LogP contribution in [0.15, 0.2) is 29.2 Å². The second kappa shape index (κ2) is 8.00. The van der Waals surface area contributed by atoms with Crippen LogP contribution in [0.25, 0.3) is 0 Å². The molecule has 0 saturated heterocycles. The molecule has 0 bridgehead atoms. The van der Waals surface area contributed by atoms with Crippen molar-refractivity contribution in [1.82, 2.24) is 8.87 Å². The summed E-state index contributed by atoms with van der Waals surface area (Å²) in [5, 5.41) is 0. The molecular formula is C22H28N2O5S. The number of ketones is 1. The number of hydrogen-bond donors (Lipinski definition) is 0. The number of ether oxygens (including phenoxy) is 1. The van der Waals surface area contributed by atoms with Gasteiger partial charge in [0.15, 0.2) is 5.78 Å². The lowest BCUT2D eigenvalue weighted by Gasteiger charge is -2.28. The van der Waals surface area contributed by atoms with E-state index in [1.54, 1.807) is 56.7 Å². The van der Waals surface area contributed by atoms with Gasteiger partial charge in [-0.1, -0.05) is 17.7 Å². The van der Waals surface area contributed by atoms with Crippen LogP contribution in [-0.2, 0) is 21.8 Å². The summed E-state index contributed by atoms with van der Waals surface area (Å²) < 4.78 is 34.6.